The number of carbonyl (C=O) groups excluding carboxylic acids is 2. The molecule has 0 radical (unpaired) electrons. The average Bonchev–Trinajstić information content (AvgIpc) is 3.12. The molecule has 1 N–H and O–H groups in total. The molecule has 6 heteroatoms. The molecule has 0 aliphatic carbocycles. The molecule has 1 aliphatic heterocycles. The Kier molecular flexibility index (Phi) is 4.37. The van der Waals surface area contributed by atoms with Crippen LogP contribution in [0, 0.1) is 12.8 Å². The van der Waals surface area contributed by atoms with E-state index in [0.717, 1.165) is 11.3 Å². The Labute approximate surface area is 147 Å². The fraction of sp³-hybridized carbons (Fsp3) is 0.421. The first-order chi connectivity index (χ1) is 11.8. The first-order valence-corrected chi connectivity index (χ1v) is 8.40. The van der Waals surface area contributed by atoms with Crippen molar-refractivity contribution in [3.63, 3.8) is 0 Å². The van der Waals surface area contributed by atoms with E-state index in [1.54, 1.807) is 13.0 Å². The van der Waals surface area contributed by atoms with Crippen molar-refractivity contribution in [3.05, 3.63) is 41.7 Å². The zero-order valence-electron chi connectivity index (χ0n) is 15.0. The molecule has 1 fully saturated rings. The highest BCUT2D eigenvalue weighted by Crippen LogP contribution is 2.31. The molecule has 1 unspecified atom stereocenters. The molecule has 132 valence electrons. The molecule has 25 heavy (non-hydrogen) atoms. The lowest BCUT2D eigenvalue weighted by molar-refractivity contribution is -0.122. The molecule has 6 nitrogen and oxygen atoms in total. The van der Waals surface area contributed by atoms with Crippen LogP contribution in [0.4, 0.5) is 11.5 Å². The highest BCUT2D eigenvalue weighted by molar-refractivity contribution is 6.03. The van der Waals surface area contributed by atoms with Crippen LogP contribution in [-0.2, 0) is 15.0 Å². The first kappa shape index (κ1) is 17.2. The van der Waals surface area contributed by atoms with Crippen LogP contribution >= 0.6 is 0 Å². The van der Waals surface area contributed by atoms with Gasteiger partial charge in [-0.25, -0.2) is 0 Å². The fourth-order valence-corrected chi connectivity index (χ4v) is 3.07. The molecule has 0 spiro atoms. The van der Waals surface area contributed by atoms with Gasteiger partial charge in [0, 0.05) is 24.7 Å². The summed E-state index contributed by atoms with van der Waals surface area (Å²) < 4.78 is 5.03. The van der Waals surface area contributed by atoms with Gasteiger partial charge in [-0.3, -0.25) is 14.5 Å². The van der Waals surface area contributed by atoms with E-state index in [9.17, 15) is 9.59 Å². The van der Waals surface area contributed by atoms with Crippen LogP contribution in [0.2, 0.25) is 0 Å². The smallest absolute Gasteiger partial charge is 0.229 e. The Balaban J connectivity index is 1.74. The largest absolute Gasteiger partial charge is 0.360 e. The molecule has 1 aromatic carbocycles. The Bertz CT molecular complexity index is 804. The number of benzene rings is 1. The van der Waals surface area contributed by atoms with Crippen molar-refractivity contribution >= 4 is 23.3 Å². The summed E-state index contributed by atoms with van der Waals surface area (Å²) in [4.78, 5) is 26.4. The molecule has 0 saturated carbocycles. The molecule has 1 atom stereocenters. The number of amides is 2. The highest BCUT2D eigenvalue weighted by atomic mass is 16.5. The second kappa shape index (κ2) is 6.35. The van der Waals surface area contributed by atoms with Gasteiger partial charge in [-0.05, 0) is 24.0 Å². The molecular formula is C19H23N3O3. The van der Waals surface area contributed by atoms with Crippen LogP contribution in [0.25, 0.3) is 0 Å². The second-order valence-electron chi connectivity index (χ2n) is 7.49. The number of rotatable bonds is 3. The van der Waals surface area contributed by atoms with E-state index in [2.05, 4.69) is 31.2 Å². The topological polar surface area (TPSA) is 75.4 Å². The Morgan fingerprint density at radius 2 is 2.04 bits per heavy atom. The molecule has 0 bridgehead atoms. The van der Waals surface area contributed by atoms with Gasteiger partial charge in [0.2, 0.25) is 11.8 Å². The van der Waals surface area contributed by atoms with E-state index >= 15 is 0 Å². The van der Waals surface area contributed by atoms with E-state index in [1.165, 1.54) is 4.90 Å². The summed E-state index contributed by atoms with van der Waals surface area (Å²) in [6.45, 7) is 8.39. The second-order valence-corrected chi connectivity index (χ2v) is 7.49. The molecular weight excluding hydrogens is 318 g/mol. The number of nitrogens with one attached hydrogen (secondary N) is 1. The van der Waals surface area contributed by atoms with Gasteiger partial charge in [0.1, 0.15) is 5.76 Å². The zero-order valence-corrected chi connectivity index (χ0v) is 15.0. The number of carbonyl (C=O) groups is 2. The molecule has 2 heterocycles. The predicted molar refractivity (Wildman–Crippen MR) is 95.5 cm³/mol. The van der Waals surface area contributed by atoms with Gasteiger partial charge in [-0.1, -0.05) is 44.1 Å². The zero-order chi connectivity index (χ0) is 18.2. The quantitative estimate of drug-likeness (QED) is 0.929. The number of nitrogens with zero attached hydrogens (tertiary/aromatic N) is 2. The molecule has 1 saturated heterocycles. The van der Waals surface area contributed by atoms with Crippen molar-refractivity contribution in [2.45, 2.75) is 39.5 Å². The van der Waals surface area contributed by atoms with Gasteiger partial charge in [-0.15, -0.1) is 0 Å². The van der Waals surface area contributed by atoms with E-state index < -0.39 is 5.92 Å². The van der Waals surface area contributed by atoms with Gasteiger partial charge < -0.3 is 9.84 Å². The maximum absolute atomic E-state index is 12.7. The lowest BCUT2D eigenvalue weighted by Crippen LogP contribution is -2.29. The maximum atomic E-state index is 12.7. The lowest BCUT2D eigenvalue weighted by Gasteiger charge is -2.23. The monoisotopic (exact) mass is 341 g/mol. The summed E-state index contributed by atoms with van der Waals surface area (Å²) >= 11 is 0. The third-order valence-electron chi connectivity index (χ3n) is 4.38. The Morgan fingerprint density at radius 1 is 1.32 bits per heavy atom. The first-order valence-electron chi connectivity index (χ1n) is 8.40. The molecule has 3 rings (SSSR count). The van der Waals surface area contributed by atoms with Crippen molar-refractivity contribution in [1.29, 1.82) is 0 Å². The van der Waals surface area contributed by atoms with Crippen LogP contribution in [-0.4, -0.2) is 23.5 Å². The summed E-state index contributed by atoms with van der Waals surface area (Å²) in [5, 5.41) is 6.87. The van der Waals surface area contributed by atoms with E-state index in [1.807, 2.05) is 24.3 Å². The summed E-state index contributed by atoms with van der Waals surface area (Å²) in [5.74, 6) is 0.436. The standard InChI is InChI=1S/C19H23N3O3/c1-12-9-16(21-25-12)22-11-13(10-17(22)23)18(24)20-15-8-6-5-7-14(15)19(2,3)4/h5-9,13H,10-11H2,1-4H3,(H,20,24). The summed E-state index contributed by atoms with van der Waals surface area (Å²) in [6.07, 6.45) is 0.176. The van der Waals surface area contributed by atoms with Crippen molar-refractivity contribution in [2.75, 3.05) is 16.8 Å². The van der Waals surface area contributed by atoms with Crippen molar-refractivity contribution in [2.24, 2.45) is 5.92 Å². The minimum Gasteiger partial charge on any atom is -0.360 e. The lowest BCUT2D eigenvalue weighted by atomic mass is 9.85. The van der Waals surface area contributed by atoms with Crippen LogP contribution < -0.4 is 10.2 Å². The van der Waals surface area contributed by atoms with Gasteiger partial charge in [-0.2, -0.15) is 0 Å². The van der Waals surface area contributed by atoms with Gasteiger partial charge in [0.05, 0.1) is 5.92 Å². The third kappa shape index (κ3) is 3.57. The van der Waals surface area contributed by atoms with Crippen molar-refractivity contribution in [1.82, 2.24) is 5.16 Å². The molecule has 2 aromatic rings. The average molecular weight is 341 g/mol. The van der Waals surface area contributed by atoms with E-state index in [4.69, 9.17) is 4.52 Å². The third-order valence-corrected chi connectivity index (χ3v) is 4.38. The van der Waals surface area contributed by atoms with Crippen molar-refractivity contribution in [3.8, 4) is 0 Å². The molecule has 2 amide bonds. The van der Waals surface area contributed by atoms with Crippen LogP contribution in [0.15, 0.2) is 34.9 Å². The number of para-hydroxylation sites is 1. The van der Waals surface area contributed by atoms with Gasteiger partial charge in [0.15, 0.2) is 5.82 Å². The minimum atomic E-state index is -0.405. The fourth-order valence-electron chi connectivity index (χ4n) is 3.07. The van der Waals surface area contributed by atoms with Crippen molar-refractivity contribution < 1.29 is 14.1 Å². The van der Waals surface area contributed by atoms with Crippen LogP contribution in [0.1, 0.15) is 38.5 Å². The van der Waals surface area contributed by atoms with Crippen LogP contribution in [0.3, 0.4) is 0 Å². The van der Waals surface area contributed by atoms with Crippen LogP contribution in [0.5, 0.6) is 0 Å². The molecule has 1 aliphatic rings. The normalized spacial score (nSPS) is 17.8. The Morgan fingerprint density at radius 3 is 2.68 bits per heavy atom. The summed E-state index contributed by atoms with van der Waals surface area (Å²) in [7, 11) is 0. The number of anilines is 2. The number of hydrogen-bond acceptors (Lipinski definition) is 4. The van der Waals surface area contributed by atoms with Gasteiger partial charge >= 0.3 is 0 Å². The van der Waals surface area contributed by atoms with E-state index in [-0.39, 0.29) is 23.7 Å². The SMILES string of the molecule is Cc1cc(N2CC(C(=O)Nc3ccccc3C(C)(C)C)CC2=O)no1. The number of aryl methyl sites for hydroxylation is 1. The molecule has 1 aromatic heterocycles. The maximum Gasteiger partial charge on any atom is 0.229 e. The minimum absolute atomic E-state index is 0.0837. The highest BCUT2D eigenvalue weighted by Gasteiger charge is 2.36. The number of aromatic nitrogens is 1. The van der Waals surface area contributed by atoms with Gasteiger partial charge in [0.25, 0.3) is 0 Å². The van der Waals surface area contributed by atoms with E-state index in [0.29, 0.717) is 18.1 Å². The summed E-state index contributed by atoms with van der Waals surface area (Å²) in [6, 6.07) is 9.47. The predicted octanol–water partition coefficient (Wildman–Crippen LogP) is 3.27. The number of hydrogen-bond donors (Lipinski definition) is 1. The summed E-state index contributed by atoms with van der Waals surface area (Å²) in [5.41, 5.74) is 1.78. The Hall–Kier alpha value is -2.63.